The van der Waals surface area contributed by atoms with Crippen molar-refractivity contribution in [2.45, 2.75) is 32.9 Å². The molecule has 21 heavy (non-hydrogen) atoms. The highest BCUT2D eigenvalue weighted by atomic mass is 19.1. The number of fused-ring (bicyclic) bond motifs is 1. The van der Waals surface area contributed by atoms with Crippen LogP contribution in [0.5, 0.6) is 11.5 Å². The fourth-order valence-electron chi connectivity index (χ4n) is 2.89. The van der Waals surface area contributed by atoms with E-state index in [1.807, 2.05) is 29.2 Å². The van der Waals surface area contributed by atoms with Crippen LogP contribution in [0.25, 0.3) is 0 Å². The molecule has 0 atom stereocenters. The van der Waals surface area contributed by atoms with Crippen LogP contribution >= 0.6 is 0 Å². The summed E-state index contributed by atoms with van der Waals surface area (Å²) in [5.74, 6) is -1.42. The third-order valence-electron chi connectivity index (χ3n) is 3.90. The van der Waals surface area contributed by atoms with Crippen LogP contribution in [0.1, 0.15) is 36.5 Å². The lowest BCUT2D eigenvalue weighted by Gasteiger charge is -2.23. The molecule has 0 saturated carbocycles. The highest BCUT2D eigenvalue weighted by Crippen LogP contribution is 2.45. The molecule has 3 nitrogen and oxygen atoms in total. The van der Waals surface area contributed by atoms with Crippen LogP contribution in [0, 0.1) is 11.9 Å². The Balaban J connectivity index is 2.07. The monoisotopic (exact) mass is 286 g/mol. The second-order valence-corrected chi connectivity index (χ2v) is 5.68. The van der Waals surface area contributed by atoms with E-state index in [2.05, 4.69) is 6.07 Å². The zero-order chi connectivity index (χ0) is 15.1. The van der Waals surface area contributed by atoms with Crippen molar-refractivity contribution in [2.24, 2.45) is 0 Å². The number of phenolic OH excluding ortho intramolecular Hbond substituents is 2. The van der Waals surface area contributed by atoms with E-state index in [0.717, 1.165) is 11.1 Å². The molecule has 1 radical (unpaired) electrons. The average Bonchev–Trinajstić information content (AvgIpc) is 2.80. The lowest BCUT2D eigenvalue weighted by atomic mass is 9.99. The molecule has 1 aliphatic heterocycles. The molecular weight excluding hydrogens is 269 g/mol. The number of nitrogens with zero attached hydrogens (tertiary/aromatic N) is 1. The summed E-state index contributed by atoms with van der Waals surface area (Å²) in [5, 5.41) is 20.4. The Bertz CT molecular complexity index is 672. The maximum absolute atomic E-state index is 13.9. The van der Waals surface area contributed by atoms with E-state index in [9.17, 15) is 14.6 Å². The SMILES string of the molecule is CC(C)c1c(F)[c]c(O)c(N2Cc3ccccc3C2)c1O. The minimum Gasteiger partial charge on any atom is -0.505 e. The van der Waals surface area contributed by atoms with Gasteiger partial charge >= 0.3 is 0 Å². The lowest BCUT2D eigenvalue weighted by molar-refractivity contribution is 0.428. The van der Waals surface area contributed by atoms with Gasteiger partial charge < -0.3 is 15.1 Å². The molecule has 109 valence electrons. The molecule has 0 amide bonds. The molecular formula is C17H17FNO2. The third kappa shape index (κ3) is 2.20. The summed E-state index contributed by atoms with van der Waals surface area (Å²) in [5.41, 5.74) is 2.74. The lowest BCUT2D eigenvalue weighted by Crippen LogP contribution is -2.16. The van der Waals surface area contributed by atoms with E-state index in [-0.39, 0.29) is 28.7 Å². The van der Waals surface area contributed by atoms with Crippen LogP contribution in [0.3, 0.4) is 0 Å². The van der Waals surface area contributed by atoms with Crippen molar-refractivity contribution in [1.82, 2.24) is 0 Å². The van der Waals surface area contributed by atoms with Crippen molar-refractivity contribution in [2.75, 3.05) is 4.90 Å². The Kier molecular flexibility index (Phi) is 3.24. The van der Waals surface area contributed by atoms with Crippen LogP contribution in [-0.4, -0.2) is 10.2 Å². The number of rotatable bonds is 2. The molecule has 2 aromatic carbocycles. The second kappa shape index (κ2) is 4.95. The Morgan fingerprint density at radius 2 is 1.71 bits per heavy atom. The first-order valence-corrected chi connectivity index (χ1v) is 6.97. The second-order valence-electron chi connectivity index (χ2n) is 5.68. The number of halogens is 1. The fourth-order valence-corrected chi connectivity index (χ4v) is 2.89. The van der Waals surface area contributed by atoms with E-state index in [1.165, 1.54) is 0 Å². The molecule has 0 aliphatic carbocycles. The number of phenols is 2. The molecule has 0 fully saturated rings. The van der Waals surface area contributed by atoms with Crippen molar-refractivity contribution in [3.8, 4) is 11.5 Å². The minimum atomic E-state index is -0.694. The molecule has 0 spiro atoms. The molecule has 2 aromatic rings. The number of hydrogen-bond donors (Lipinski definition) is 2. The quantitative estimate of drug-likeness (QED) is 0.885. The number of hydrogen-bond acceptors (Lipinski definition) is 3. The van der Waals surface area contributed by atoms with Gasteiger partial charge in [-0.3, -0.25) is 0 Å². The molecule has 1 heterocycles. The number of aromatic hydroxyl groups is 2. The summed E-state index contributed by atoms with van der Waals surface area (Å²) in [4.78, 5) is 1.84. The first kappa shape index (κ1) is 13.7. The zero-order valence-corrected chi connectivity index (χ0v) is 12.0. The Labute approximate surface area is 123 Å². The van der Waals surface area contributed by atoms with Crippen molar-refractivity contribution < 1.29 is 14.6 Å². The van der Waals surface area contributed by atoms with Gasteiger partial charge in [-0.1, -0.05) is 38.1 Å². The molecule has 4 heteroatoms. The van der Waals surface area contributed by atoms with Gasteiger partial charge in [-0.05, 0) is 17.0 Å². The average molecular weight is 286 g/mol. The van der Waals surface area contributed by atoms with Gasteiger partial charge in [-0.15, -0.1) is 0 Å². The molecule has 1 aliphatic rings. The van der Waals surface area contributed by atoms with Crippen LogP contribution in [0.4, 0.5) is 10.1 Å². The van der Waals surface area contributed by atoms with Crippen LogP contribution in [0.15, 0.2) is 24.3 Å². The first-order valence-electron chi connectivity index (χ1n) is 6.97. The van der Waals surface area contributed by atoms with Gasteiger partial charge in [-0.25, -0.2) is 4.39 Å². The normalized spacial score (nSPS) is 13.8. The van der Waals surface area contributed by atoms with E-state index < -0.39 is 5.82 Å². The Morgan fingerprint density at radius 1 is 1.14 bits per heavy atom. The van der Waals surface area contributed by atoms with Gasteiger partial charge in [0.2, 0.25) is 0 Å². The molecule has 2 N–H and O–H groups in total. The molecule has 3 rings (SSSR count). The minimum absolute atomic E-state index is 0.188. The van der Waals surface area contributed by atoms with Crippen LogP contribution in [-0.2, 0) is 13.1 Å². The summed E-state index contributed by atoms with van der Waals surface area (Å²) in [6, 6.07) is 10.3. The summed E-state index contributed by atoms with van der Waals surface area (Å²) in [6.45, 7) is 4.75. The van der Waals surface area contributed by atoms with E-state index in [4.69, 9.17) is 0 Å². The van der Waals surface area contributed by atoms with Crippen molar-refractivity contribution >= 4 is 5.69 Å². The molecule has 0 saturated heterocycles. The molecule has 0 aromatic heterocycles. The number of benzene rings is 2. The van der Waals surface area contributed by atoms with Crippen LogP contribution in [0.2, 0.25) is 0 Å². The fraction of sp³-hybridized carbons (Fsp3) is 0.294. The first-order chi connectivity index (χ1) is 9.99. The van der Waals surface area contributed by atoms with E-state index >= 15 is 0 Å². The highest BCUT2D eigenvalue weighted by Gasteiger charge is 2.27. The predicted octanol–water partition coefficient (Wildman–Crippen LogP) is 3.68. The smallest absolute Gasteiger partial charge is 0.153 e. The van der Waals surface area contributed by atoms with Crippen LogP contribution < -0.4 is 4.90 Å². The van der Waals surface area contributed by atoms with Gasteiger partial charge in [0.1, 0.15) is 17.3 Å². The Hall–Kier alpha value is -2.23. The van der Waals surface area contributed by atoms with Gasteiger partial charge in [0, 0.05) is 18.7 Å². The van der Waals surface area contributed by atoms with Crippen molar-refractivity contribution in [1.29, 1.82) is 0 Å². The standard InChI is InChI=1S/C17H17FNO2/c1-10(2)15-13(18)7-14(20)16(17(15)21)19-8-11-5-3-4-6-12(11)9-19/h3-6,10,20-21H,8-9H2,1-2H3. The summed E-state index contributed by atoms with van der Waals surface area (Å²) < 4.78 is 13.9. The highest BCUT2D eigenvalue weighted by molar-refractivity contribution is 5.71. The summed E-state index contributed by atoms with van der Waals surface area (Å²) >= 11 is 0. The molecule has 0 unspecified atom stereocenters. The van der Waals surface area contributed by atoms with Crippen molar-refractivity contribution in [3.05, 3.63) is 52.8 Å². The maximum atomic E-state index is 13.9. The number of anilines is 1. The summed E-state index contributed by atoms with van der Waals surface area (Å²) in [6.07, 6.45) is 0. The predicted molar refractivity (Wildman–Crippen MR) is 79.0 cm³/mol. The Morgan fingerprint density at radius 3 is 2.24 bits per heavy atom. The summed E-state index contributed by atoms with van der Waals surface area (Å²) in [7, 11) is 0. The third-order valence-corrected chi connectivity index (χ3v) is 3.90. The maximum Gasteiger partial charge on any atom is 0.153 e. The van der Waals surface area contributed by atoms with Gasteiger partial charge in [0.25, 0.3) is 0 Å². The molecule has 0 bridgehead atoms. The van der Waals surface area contributed by atoms with Crippen molar-refractivity contribution in [3.63, 3.8) is 0 Å². The zero-order valence-electron chi connectivity index (χ0n) is 12.0. The van der Waals surface area contributed by atoms with Gasteiger partial charge in [-0.2, -0.15) is 0 Å². The van der Waals surface area contributed by atoms with E-state index in [1.54, 1.807) is 13.8 Å². The van der Waals surface area contributed by atoms with Gasteiger partial charge in [0.05, 0.1) is 6.07 Å². The largest absolute Gasteiger partial charge is 0.505 e. The van der Waals surface area contributed by atoms with E-state index in [0.29, 0.717) is 13.1 Å². The topological polar surface area (TPSA) is 43.7 Å². The van der Waals surface area contributed by atoms with Gasteiger partial charge in [0.15, 0.2) is 5.75 Å².